The van der Waals surface area contributed by atoms with Gasteiger partial charge in [0.1, 0.15) is 0 Å². The topological polar surface area (TPSA) is 36.1 Å². The SMILES string of the molecule is O=C(Cc1ccc(Cl)cc1)N1CCC(c2c[nH]c3ccccc23)CC1. The number of carbonyl (C=O) groups excluding carboxylic acids is 1. The Balaban J connectivity index is 1.39. The van der Waals surface area contributed by atoms with Crippen LogP contribution in [0.1, 0.15) is 29.9 Å². The van der Waals surface area contributed by atoms with Crippen molar-refractivity contribution in [3.05, 3.63) is 70.9 Å². The molecule has 2 aromatic carbocycles. The maximum atomic E-state index is 12.5. The van der Waals surface area contributed by atoms with Crippen molar-refractivity contribution in [2.24, 2.45) is 0 Å². The minimum absolute atomic E-state index is 0.208. The van der Waals surface area contributed by atoms with Crippen molar-refractivity contribution in [1.82, 2.24) is 9.88 Å². The number of nitrogens with zero attached hydrogens (tertiary/aromatic N) is 1. The Bertz CT molecular complexity index is 876. The van der Waals surface area contributed by atoms with Crippen LogP contribution in [0.4, 0.5) is 0 Å². The molecular formula is C21H21ClN2O. The number of H-pyrrole nitrogens is 1. The summed E-state index contributed by atoms with van der Waals surface area (Å²) in [4.78, 5) is 17.9. The lowest BCUT2D eigenvalue weighted by Gasteiger charge is -2.32. The van der Waals surface area contributed by atoms with E-state index in [-0.39, 0.29) is 5.91 Å². The van der Waals surface area contributed by atoms with Gasteiger partial charge in [-0.2, -0.15) is 0 Å². The summed E-state index contributed by atoms with van der Waals surface area (Å²) in [5.74, 6) is 0.732. The molecule has 1 aliphatic heterocycles. The fourth-order valence-corrected chi connectivity index (χ4v) is 3.89. The van der Waals surface area contributed by atoms with Gasteiger partial charge in [-0.15, -0.1) is 0 Å². The highest BCUT2D eigenvalue weighted by atomic mass is 35.5. The van der Waals surface area contributed by atoms with Crippen molar-refractivity contribution in [3.8, 4) is 0 Å². The second kappa shape index (κ2) is 6.93. The lowest BCUT2D eigenvalue weighted by Crippen LogP contribution is -2.38. The first-order valence-electron chi connectivity index (χ1n) is 8.79. The second-order valence-electron chi connectivity index (χ2n) is 6.75. The van der Waals surface area contributed by atoms with Crippen LogP contribution in [-0.2, 0) is 11.2 Å². The Kier molecular flexibility index (Phi) is 4.50. The molecule has 1 amide bonds. The fourth-order valence-electron chi connectivity index (χ4n) is 3.76. The third-order valence-electron chi connectivity index (χ3n) is 5.18. The van der Waals surface area contributed by atoms with E-state index < -0.39 is 0 Å². The molecule has 1 saturated heterocycles. The number of fused-ring (bicyclic) bond motifs is 1. The highest BCUT2D eigenvalue weighted by molar-refractivity contribution is 6.30. The molecule has 0 spiro atoms. The average Bonchev–Trinajstić information content (AvgIpc) is 3.08. The van der Waals surface area contributed by atoms with Crippen LogP contribution in [0.5, 0.6) is 0 Å². The number of benzene rings is 2. The number of hydrogen-bond donors (Lipinski definition) is 1. The molecule has 0 atom stereocenters. The number of piperidine rings is 1. The largest absolute Gasteiger partial charge is 0.361 e. The van der Waals surface area contributed by atoms with Crippen molar-refractivity contribution in [3.63, 3.8) is 0 Å². The van der Waals surface area contributed by atoms with E-state index in [2.05, 4.69) is 35.4 Å². The lowest BCUT2D eigenvalue weighted by molar-refractivity contribution is -0.131. The summed E-state index contributed by atoms with van der Waals surface area (Å²) < 4.78 is 0. The zero-order chi connectivity index (χ0) is 17.2. The van der Waals surface area contributed by atoms with Gasteiger partial charge in [-0.3, -0.25) is 4.79 Å². The average molecular weight is 353 g/mol. The molecule has 128 valence electrons. The van der Waals surface area contributed by atoms with Crippen LogP contribution in [0, 0.1) is 0 Å². The fraction of sp³-hybridized carbons (Fsp3) is 0.286. The maximum Gasteiger partial charge on any atom is 0.226 e. The van der Waals surface area contributed by atoms with E-state index in [0.717, 1.165) is 31.5 Å². The van der Waals surface area contributed by atoms with Gasteiger partial charge in [0.05, 0.1) is 6.42 Å². The molecule has 0 radical (unpaired) electrons. The first kappa shape index (κ1) is 16.2. The zero-order valence-electron chi connectivity index (χ0n) is 14.0. The third kappa shape index (κ3) is 3.42. The minimum atomic E-state index is 0.208. The number of aromatic nitrogens is 1. The van der Waals surface area contributed by atoms with Gasteiger partial charge in [-0.25, -0.2) is 0 Å². The number of aromatic amines is 1. The van der Waals surface area contributed by atoms with Gasteiger partial charge in [0.15, 0.2) is 0 Å². The number of nitrogens with one attached hydrogen (secondary N) is 1. The van der Waals surface area contributed by atoms with Gasteiger partial charge in [0.2, 0.25) is 5.91 Å². The second-order valence-corrected chi connectivity index (χ2v) is 7.18. The monoisotopic (exact) mass is 352 g/mol. The van der Waals surface area contributed by atoms with Crippen LogP contribution in [0.25, 0.3) is 10.9 Å². The van der Waals surface area contributed by atoms with Gasteiger partial charge in [0, 0.05) is 35.2 Å². The lowest BCUT2D eigenvalue weighted by atomic mass is 9.89. The van der Waals surface area contributed by atoms with E-state index in [1.807, 2.05) is 29.2 Å². The summed E-state index contributed by atoms with van der Waals surface area (Å²) >= 11 is 5.91. The predicted molar refractivity (Wildman–Crippen MR) is 102 cm³/mol. The number of para-hydroxylation sites is 1. The van der Waals surface area contributed by atoms with E-state index in [1.165, 1.54) is 16.5 Å². The van der Waals surface area contributed by atoms with E-state index in [0.29, 0.717) is 17.4 Å². The van der Waals surface area contributed by atoms with E-state index in [9.17, 15) is 4.79 Å². The van der Waals surface area contributed by atoms with Gasteiger partial charge in [-0.1, -0.05) is 41.9 Å². The minimum Gasteiger partial charge on any atom is -0.361 e. The van der Waals surface area contributed by atoms with Crippen LogP contribution >= 0.6 is 11.6 Å². The van der Waals surface area contributed by atoms with Crippen molar-refractivity contribution >= 4 is 28.4 Å². The molecule has 4 rings (SSSR count). The van der Waals surface area contributed by atoms with Crippen LogP contribution in [0.15, 0.2) is 54.7 Å². The first-order chi connectivity index (χ1) is 12.2. The number of rotatable bonds is 3. The molecule has 0 saturated carbocycles. The smallest absolute Gasteiger partial charge is 0.226 e. The van der Waals surface area contributed by atoms with Gasteiger partial charge in [-0.05, 0) is 48.1 Å². The third-order valence-corrected chi connectivity index (χ3v) is 5.43. The molecule has 1 aliphatic rings. The van der Waals surface area contributed by atoms with E-state index >= 15 is 0 Å². The molecular weight excluding hydrogens is 332 g/mol. The summed E-state index contributed by atoms with van der Waals surface area (Å²) in [6.45, 7) is 1.66. The Morgan fingerprint density at radius 3 is 2.56 bits per heavy atom. The van der Waals surface area contributed by atoms with Crippen LogP contribution in [0.3, 0.4) is 0 Å². The molecule has 0 bridgehead atoms. The molecule has 1 fully saturated rings. The summed E-state index contributed by atoms with van der Waals surface area (Å²) in [6, 6.07) is 16.0. The van der Waals surface area contributed by atoms with Gasteiger partial charge < -0.3 is 9.88 Å². The standard InChI is InChI=1S/C21H21ClN2O/c22-17-7-5-15(6-8-17)13-21(25)24-11-9-16(10-12-24)19-14-23-20-4-2-1-3-18(19)20/h1-8,14,16,23H,9-13H2. The number of hydrogen-bond acceptors (Lipinski definition) is 1. The molecule has 4 heteroatoms. The van der Waals surface area contributed by atoms with Gasteiger partial charge >= 0.3 is 0 Å². The number of likely N-dealkylation sites (tertiary alicyclic amines) is 1. The Morgan fingerprint density at radius 2 is 1.80 bits per heavy atom. The Morgan fingerprint density at radius 1 is 1.08 bits per heavy atom. The highest BCUT2D eigenvalue weighted by Crippen LogP contribution is 2.33. The number of carbonyl (C=O) groups is 1. The molecule has 1 N–H and O–H groups in total. The normalized spacial score (nSPS) is 15.6. The molecule has 3 aromatic rings. The Labute approximate surface area is 152 Å². The molecule has 3 nitrogen and oxygen atoms in total. The highest BCUT2D eigenvalue weighted by Gasteiger charge is 2.25. The van der Waals surface area contributed by atoms with E-state index in [4.69, 9.17) is 11.6 Å². The summed E-state index contributed by atoms with van der Waals surface area (Å²) in [6.07, 6.45) is 4.64. The van der Waals surface area contributed by atoms with Crippen LogP contribution in [-0.4, -0.2) is 28.9 Å². The quantitative estimate of drug-likeness (QED) is 0.724. The van der Waals surface area contributed by atoms with Crippen molar-refractivity contribution in [2.75, 3.05) is 13.1 Å². The molecule has 0 unspecified atom stereocenters. The zero-order valence-corrected chi connectivity index (χ0v) is 14.8. The molecule has 25 heavy (non-hydrogen) atoms. The Hall–Kier alpha value is -2.26. The number of amides is 1. The van der Waals surface area contributed by atoms with Crippen LogP contribution in [0.2, 0.25) is 5.02 Å². The molecule has 0 aliphatic carbocycles. The van der Waals surface area contributed by atoms with Crippen molar-refractivity contribution < 1.29 is 4.79 Å². The number of halogens is 1. The van der Waals surface area contributed by atoms with Gasteiger partial charge in [0.25, 0.3) is 0 Å². The summed E-state index contributed by atoms with van der Waals surface area (Å²) in [7, 11) is 0. The molecule has 2 heterocycles. The predicted octanol–water partition coefficient (Wildman–Crippen LogP) is 4.77. The first-order valence-corrected chi connectivity index (χ1v) is 9.17. The van der Waals surface area contributed by atoms with E-state index in [1.54, 1.807) is 0 Å². The maximum absolute atomic E-state index is 12.5. The summed E-state index contributed by atoms with van der Waals surface area (Å²) in [5.41, 5.74) is 3.60. The molecule has 1 aromatic heterocycles. The van der Waals surface area contributed by atoms with Crippen LogP contribution < -0.4 is 0 Å². The summed E-state index contributed by atoms with van der Waals surface area (Å²) in [5, 5.41) is 2.02. The van der Waals surface area contributed by atoms with Crippen molar-refractivity contribution in [1.29, 1.82) is 0 Å². The van der Waals surface area contributed by atoms with Crippen molar-refractivity contribution in [2.45, 2.75) is 25.2 Å².